The highest BCUT2D eigenvalue weighted by atomic mass is 35.5. The van der Waals surface area contributed by atoms with Crippen LogP contribution in [0.25, 0.3) is 10.9 Å². The molecule has 7 heteroatoms. The highest BCUT2D eigenvalue weighted by molar-refractivity contribution is 6.36. The fourth-order valence-electron chi connectivity index (χ4n) is 4.85. The molecule has 0 N–H and O–H groups in total. The normalized spacial score (nSPS) is 21.4. The molecular formula is C25H32ClN3O3. The summed E-state index contributed by atoms with van der Waals surface area (Å²) >= 11 is 6.69. The summed E-state index contributed by atoms with van der Waals surface area (Å²) in [5, 5.41) is 1.68. The summed E-state index contributed by atoms with van der Waals surface area (Å²) < 4.78 is 5.57. The molecule has 2 heterocycles. The molecule has 2 unspecified atom stereocenters. The number of benzene rings is 1. The van der Waals surface area contributed by atoms with Gasteiger partial charge in [-0.2, -0.15) is 0 Å². The third-order valence-corrected chi connectivity index (χ3v) is 6.68. The van der Waals surface area contributed by atoms with Gasteiger partial charge in [-0.3, -0.25) is 14.7 Å². The van der Waals surface area contributed by atoms with Crippen LogP contribution in [0.1, 0.15) is 69.1 Å². The van der Waals surface area contributed by atoms with E-state index in [0.717, 1.165) is 52.9 Å². The molecule has 1 saturated heterocycles. The molecule has 6 nitrogen and oxygen atoms in total. The predicted octanol–water partition coefficient (Wildman–Crippen LogP) is 5.24. The van der Waals surface area contributed by atoms with Crippen LogP contribution in [0.15, 0.2) is 18.2 Å². The van der Waals surface area contributed by atoms with Crippen LogP contribution < -0.4 is 0 Å². The molecule has 172 valence electrons. The third kappa shape index (κ3) is 4.42. The molecule has 4 rings (SSSR count). The second kappa shape index (κ2) is 8.54. The second-order valence-corrected chi connectivity index (χ2v) is 10.5. The third-order valence-electron chi connectivity index (χ3n) is 6.25. The van der Waals surface area contributed by atoms with Gasteiger partial charge < -0.3 is 9.64 Å². The van der Waals surface area contributed by atoms with E-state index >= 15 is 0 Å². The van der Waals surface area contributed by atoms with E-state index in [1.807, 2.05) is 57.7 Å². The SMILES string of the molecule is CC1CN(C(=O)c2ccc3c(Cl)c4c(nc3c2)CCCC4)CC(C)N1C(=O)OC(C)(C)C. The summed E-state index contributed by atoms with van der Waals surface area (Å²) in [5.41, 5.74) is 3.04. The summed E-state index contributed by atoms with van der Waals surface area (Å²) in [6, 6.07) is 5.32. The number of rotatable bonds is 1. The van der Waals surface area contributed by atoms with Crippen molar-refractivity contribution in [1.82, 2.24) is 14.8 Å². The maximum absolute atomic E-state index is 13.3. The van der Waals surface area contributed by atoms with E-state index < -0.39 is 5.60 Å². The molecule has 1 fully saturated rings. The minimum atomic E-state index is -0.554. The average molecular weight is 458 g/mol. The summed E-state index contributed by atoms with van der Waals surface area (Å²) in [6.07, 6.45) is 3.83. The van der Waals surface area contributed by atoms with Gasteiger partial charge in [0, 0.05) is 29.7 Å². The van der Waals surface area contributed by atoms with Crippen molar-refractivity contribution in [1.29, 1.82) is 0 Å². The van der Waals surface area contributed by atoms with Crippen LogP contribution in [0.5, 0.6) is 0 Å². The fraction of sp³-hybridized carbons (Fsp3) is 0.560. The Hall–Kier alpha value is -2.34. The lowest BCUT2D eigenvalue weighted by molar-refractivity contribution is -0.0129. The van der Waals surface area contributed by atoms with Crippen molar-refractivity contribution in [3.63, 3.8) is 0 Å². The van der Waals surface area contributed by atoms with Crippen LogP contribution >= 0.6 is 11.6 Å². The number of carbonyl (C=O) groups is 2. The molecule has 0 bridgehead atoms. The number of halogens is 1. The molecule has 0 saturated carbocycles. The zero-order valence-corrected chi connectivity index (χ0v) is 20.3. The first-order valence-electron chi connectivity index (χ1n) is 11.5. The van der Waals surface area contributed by atoms with Crippen LogP contribution in [0.4, 0.5) is 4.79 Å². The van der Waals surface area contributed by atoms with Gasteiger partial charge in [-0.05, 0) is 78.0 Å². The van der Waals surface area contributed by atoms with Gasteiger partial charge in [-0.1, -0.05) is 17.7 Å². The van der Waals surface area contributed by atoms with Crippen LogP contribution in [0.2, 0.25) is 5.02 Å². The van der Waals surface area contributed by atoms with Crippen LogP contribution in [-0.4, -0.2) is 57.6 Å². The second-order valence-electron chi connectivity index (χ2n) is 10.1. The number of pyridine rings is 1. The van der Waals surface area contributed by atoms with E-state index in [4.69, 9.17) is 21.3 Å². The van der Waals surface area contributed by atoms with Gasteiger partial charge in [0.1, 0.15) is 5.60 Å². The molecule has 1 aromatic carbocycles. The lowest BCUT2D eigenvalue weighted by Gasteiger charge is -2.44. The summed E-state index contributed by atoms with van der Waals surface area (Å²) in [4.78, 5) is 34.4. The summed E-state index contributed by atoms with van der Waals surface area (Å²) in [6.45, 7) is 10.4. The Morgan fingerprint density at radius 3 is 2.41 bits per heavy atom. The highest BCUT2D eigenvalue weighted by Gasteiger charge is 2.37. The highest BCUT2D eigenvalue weighted by Crippen LogP contribution is 2.33. The van der Waals surface area contributed by atoms with Crippen molar-refractivity contribution in [3.05, 3.63) is 40.0 Å². The van der Waals surface area contributed by atoms with Crippen molar-refractivity contribution in [3.8, 4) is 0 Å². The number of aromatic nitrogens is 1. The molecule has 2 aromatic rings. The first-order chi connectivity index (χ1) is 15.0. The number of piperazine rings is 1. The van der Waals surface area contributed by atoms with Gasteiger partial charge in [-0.15, -0.1) is 0 Å². The van der Waals surface area contributed by atoms with Crippen molar-refractivity contribution in [2.24, 2.45) is 0 Å². The lowest BCUT2D eigenvalue weighted by Crippen LogP contribution is -2.60. The largest absolute Gasteiger partial charge is 0.444 e. The van der Waals surface area contributed by atoms with Gasteiger partial charge in [-0.25, -0.2) is 4.79 Å². The molecule has 2 aliphatic rings. The number of nitrogens with zero attached hydrogens (tertiary/aromatic N) is 3. The number of hydrogen-bond acceptors (Lipinski definition) is 4. The number of aryl methyl sites for hydroxylation is 1. The number of fused-ring (bicyclic) bond motifs is 2. The topological polar surface area (TPSA) is 62.7 Å². The van der Waals surface area contributed by atoms with Gasteiger partial charge in [0.15, 0.2) is 0 Å². The molecule has 2 atom stereocenters. The zero-order chi connectivity index (χ0) is 23.2. The molecule has 0 radical (unpaired) electrons. The van der Waals surface area contributed by atoms with Crippen LogP contribution in [-0.2, 0) is 17.6 Å². The number of carbonyl (C=O) groups excluding carboxylic acids is 2. The molecule has 1 aliphatic heterocycles. The standard InChI is InChI=1S/C25H32ClN3O3/c1-15-13-28(14-16(2)29(15)24(31)32-25(3,4)5)23(30)17-10-11-19-21(12-17)27-20-9-7-6-8-18(20)22(19)26/h10-12,15-16H,6-9,13-14H2,1-5H3. The number of ether oxygens (including phenoxy) is 1. The monoisotopic (exact) mass is 457 g/mol. The minimum Gasteiger partial charge on any atom is -0.444 e. The lowest BCUT2D eigenvalue weighted by atomic mass is 9.94. The number of hydrogen-bond donors (Lipinski definition) is 0. The quantitative estimate of drug-likeness (QED) is 0.587. The van der Waals surface area contributed by atoms with Crippen molar-refractivity contribution in [2.45, 2.75) is 78.0 Å². The van der Waals surface area contributed by atoms with Crippen LogP contribution in [0, 0.1) is 0 Å². The van der Waals surface area contributed by atoms with E-state index in [2.05, 4.69) is 0 Å². The molecular weight excluding hydrogens is 426 g/mol. The smallest absolute Gasteiger partial charge is 0.410 e. The molecule has 32 heavy (non-hydrogen) atoms. The Labute approximate surface area is 194 Å². The van der Waals surface area contributed by atoms with E-state index in [-0.39, 0.29) is 24.1 Å². The first-order valence-corrected chi connectivity index (χ1v) is 11.8. The van der Waals surface area contributed by atoms with Crippen molar-refractivity contribution < 1.29 is 14.3 Å². The molecule has 2 amide bonds. The van der Waals surface area contributed by atoms with Crippen molar-refractivity contribution >= 4 is 34.5 Å². The van der Waals surface area contributed by atoms with Gasteiger partial charge >= 0.3 is 6.09 Å². The Bertz CT molecular complexity index is 1050. The Kier molecular flexibility index (Phi) is 6.10. The summed E-state index contributed by atoms with van der Waals surface area (Å²) in [7, 11) is 0. The Balaban J connectivity index is 1.55. The zero-order valence-electron chi connectivity index (χ0n) is 19.6. The fourth-order valence-corrected chi connectivity index (χ4v) is 5.21. The van der Waals surface area contributed by atoms with Crippen molar-refractivity contribution in [2.75, 3.05) is 13.1 Å². The Morgan fingerprint density at radius 2 is 1.75 bits per heavy atom. The Morgan fingerprint density at radius 1 is 1.09 bits per heavy atom. The van der Waals surface area contributed by atoms with E-state index in [9.17, 15) is 9.59 Å². The molecule has 0 spiro atoms. The number of amides is 2. The van der Waals surface area contributed by atoms with E-state index in [1.165, 1.54) is 0 Å². The van der Waals surface area contributed by atoms with E-state index in [0.29, 0.717) is 18.7 Å². The van der Waals surface area contributed by atoms with Gasteiger partial charge in [0.05, 0.1) is 22.6 Å². The van der Waals surface area contributed by atoms with E-state index in [1.54, 1.807) is 4.90 Å². The van der Waals surface area contributed by atoms with Crippen LogP contribution in [0.3, 0.4) is 0 Å². The molecule has 1 aromatic heterocycles. The predicted molar refractivity (Wildman–Crippen MR) is 126 cm³/mol. The minimum absolute atomic E-state index is 0.0509. The maximum atomic E-state index is 13.3. The molecule has 1 aliphatic carbocycles. The average Bonchev–Trinajstić information content (AvgIpc) is 2.71. The first kappa shape index (κ1) is 22.8. The maximum Gasteiger partial charge on any atom is 0.410 e. The van der Waals surface area contributed by atoms with Gasteiger partial charge in [0.25, 0.3) is 5.91 Å². The summed E-state index contributed by atoms with van der Waals surface area (Å²) in [5.74, 6) is -0.0509. The van der Waals surface area contributed by atoms with Gasteiger partial charge in [0.2, 0.25) is 0 Å².